The molecule has 2 rings (SSSR count). The molecule has 2 aromatic carbocycles. The third-order valence-electron chi connectivity index (χ3n) is 2.98. The number of rotatable bonds is 4. The first-order chi connectivity index (χ1) is 9.61. The molecule has 2 nitrogen and oxygen atoms in total. The fraction of sp³-hybridized carbons (Fsp3) is 0.125. The molecule has 0 saturated carbocycles. The molecule has 20 heavy (non-hydrogen) atoms. The lowest BCUT2D eigenvalue weighted by atomic mass is 9.92. The molecule has 0 heterocycles. The number of Topliss-reactive ketones (excluding diaryl/α,β-unsaturated/α-hetero) is 1. The van der Waals surface area contributed by atoms with Crippen molar-refractivity contribution >= 4 is 5.78 Å². The number of carbonyl (C=O) groups excluding carboxylic acids is 1. The van der Waals surface area contributed by atoms with Crippen LogP contribution in [-0.4, -0.2) is 5.78 Å². The van der Waals surface area contributed by atoms with Crippen molar-refractivity contribution in [2.75, 3.05) is 0 Å². The Bertz CT molecular complexity index is 662. The minimum Gasteiger partial charge on any atom is -0.294 e. The van der Waals surface area contributed by atoms with Gasteiger partial charge in [-0.15, -0.1) is 0 Å². The number of carbonyl (C=O) groups is 1. The molecular weight excluding hydrogens is 260 g/mol. The summed E-state index contributed by atoms with van der Waals surface area (Å²) >= 11 is 0. The zero-order chi connectivity index (χ0) is 14.5. The van der Waals surface area contributed by atoms with E-state index in [2.05, 4.69) is 0 Å². The molecule has 100 valence electrons. The Labute approximate surface area is 115 Å². The largest absolute Gasteiger partial charge is 0.294 e. The van der Waals surface area contributed by atoms with Crippen LogP contribution < -0.4 is 0 Å². The molecule has 1 unspecified atom stereocenters. The normalized spacial score (nSPS) is 11.7. The third kappa shape index (κ3) is 3.07. The van der Waals surface area contributed by atoms with Gasteiger partial charge in [0.05, 0.1) is 17.6 Å². The van der Waals surface area contributed by atoms with Crippen LogP contribution in [0.15, 0.2) is 48.5 Å². The van der Waals surface area contributed by atoms with E-state index in [4.69, 9.17) is 5.26 Å². The van der Waals surface area contributed by atoms with Gasteiger partial charge in [0.2, 0.25) is 0 Å². The highest BCUT2D eigenvalue weighted by molar-refractivity contribution is 5.97. The van der Waals surface area contributed by atoms with Crippen LogP contribution in [-0.2, 0) is 0 Å². The van der Waals surface area contributed by atoms with E-state index in [-0.39, 0.29) is 12.0 Å². The number of hydrogen-bond acceptors (Lipinski definition) is 2. The van der Waals surface area contributed by atoms with Gasteiger partial charge >= 0.3 is 0 Å². The molecule has 0 N–H and O–H groups in total. The topological polar surface area (TPSA) is 40.9 Å². The predicted octanol–water partition coefficient (Wildman–Crippen LogP) is 3.84. The van der Waals surface area contributed by atoms with Crippen LogP contribution in [0, 0.1) is 23.0 Å². The number of nitriles is 1. The summed E-state index contributed by atoms with van der Waals surface area (Å²) in [7, 11) is 0. The molecule has 0 spiro atoms. The minimum atomic E-state index is -0.777. The van der Waals surface area contributed by atoms with Crippen LogP contribution in [0.2, 0.25) is 0 Å². The second kappa shape index (κ2) is 6.07. The SMILES string of the molecule is N#CC(CC(=O)c1cc(F)ccc1F)c1ccccc1. The summed E-state index contributed by atoms with van der Waals surface area (Å²) in [6, 6.07) is 13.5. The lowest BCUT2D eigenvalue weighted by molar-refractivity contribution is 0.0974. The van der Waals surface area contributed by atoms with E-state index in [0.29, 0.717) is 5.56 Å². The zero-order valence-corrected chi connectivity index (χ0v) is 10.5. The van der Waals surface area contributed by atoms with Gasteiger partial charge in [0.15, 0.2) is 5.78 Å². The number of hydrogen-bond donors (Lipinski definition) is 0. The van der Waals surface area contributed by atoms with E-state index in [1.165, 1.54) is 0 Å². The Morgan fingerprint density at radius 1 is 1.15 bits per heavy atom. The van der Waals surface area contributed by atoms with Crippen LogP contribution in [0.5, 0.6) is 0 Å². The zero-order valence-electron chi connectivity index (χ0n) is 10.5. The van der Waals surface area contributed by atoms with Crippen molar-refractivity contribution in [1.82, 2.24) is 0 Å². The number of halogens is 2. The van der Waals surface area contributed by atoms with Crippen LogP contribution in [0.1, 0.15) is 28.3 Å². The Morgan fingerprint density at radius 2 is 1.85 bits per heavy atom. The number of nitrogens with zero attached hydrogens (tertiary/aromatic N) is 1. The first-order valence-corrected chi connectivity index (χ1v) is 6.04. The van der Waals surface area contributed by atoms with Gasteiger partial charge in [0.25, 0.3) is 0 Å². The van der Waals surface area contributed by atoms with Gasteiger partial charge in [-0.25, -0.2) is 8.78 Å². The van der Waals surface area contributed by atoms with Gasteiger partial charge in [-0.1, -0.05) is 30.3 Å². The fourth-order valence-corrected chi connectivity index (χ4v) is 1.93. The first-order valence-electron chi connectivity index (χ1n) is 6.04. The van der Waals surface area contributed by atoms with Gasteiger partial charge < -0.3 is 0 Å². The van der Waals surface area contributed by atoms with Gasteiger partial charge in [-0.3, -0.25) is 4.79 Å². The summed E-state index contributed by atoms with van der Waals surface area (Å²) in [6.45, 7) is 0. The fourth-order valence-electron chi connectivity index (χ4n) is 1.93. The van der Waals surface area contributed by atoms with Crippen molar-refractivity contribution in [3.8, 4) is 6.07 Å². The molecule has 0 bridgehead atoms. The molecular formula is C16H11F2NO. The molecule has 0 aliphatic heterocycles. The highest BCUT2D eigenvalue weighted by atomic mass is 19.1. The summed E-state index contributed by atoms with van der Waals surface area (Å²) in [6.07, 6.45) is -0.180. The van der Waals surface area contributed by atoms with E-state index >= 15 is 0 Å². The summed E-state index contributed by atoms with van der Waals surface area (Å²) in [5.74, 6) is -2.71. The predicted molar refractivity (Wildman–Crippen MR) is 70.1 cm³/mol. The Balaban J connectivity index is 2.22. The highest BCUT2D eigenvalue weighted by Gasteiger charge is 2.19. The molecule has 0 aliphatic carbocycles. The standard InChI is InChI=1S/C16H11F2NO/c17-13-6-7-15(18)14(9-13)16(20)8-12(10-19)11-4-2-1-3-5-11/h1-7,9,12H,8H2. The maximum absolute atomic E-state index is 13.5. The van der Waals surface area contributed by atoms with Crippen LogP contribution in [0.4, 0.5) is 8.78 Å². The Kier molecular flexibility index (Phi) is 4.21. The molecule has 0 aliphatic rings. The second-order valence-electron chi connectivity index (χ2n) is 4.34. The molecule has 4 heteroatoms. The van der Waals surface area contributed by atoms with Gasteiger partial charge in [0, 0.05) is 6.42 Å². The summed E-state index contributed by atoms with van der Waals surface area (Å²) in [5.41, 5.74) is 0.362. The first kappa shape index (κ1) is 13.9. The van der Waals surface area contributed by atoms with Crippen molar-refractivity contribution in [3.63, 3.8) is 0 Å². The molecule has 0 radical (unpaired) electrons. The monoisotopic (exact) mass is 271 g/mol. The van der Waals surface area contributed by atoms with E-state index in [1.54, 1.807) is 30.3 Å². The smallest absolute Gasteiger partial charge is 0.167 e. The summed E-state index contributed by atoms with van der Waals surface area (Å²) in [5, 5.41) is 9.13. The Morgan fingerprint density at radius 3 is 2.50 bits per heavy atom. The van der Waals surface area contributed by atoms with Crippen LogP contribution in [0.25, 0.3) is 0 Å². The molecule has 2 aromatic rings. The summed E-state index contributed by atoms with van der Waals surface area (Å²) in [4.78, 5) is 12.0. The maximum Gasteiger partial charge on any atom is 0.167 e. The van der Waals surface area contributed by atoms with Gasteiger partial charge in [-0.05, 0) is 23.8 Å². The third-order valence-corrected chi connectivity index (χ3v) is 2.98. The second-order valence-corrected chi connectivity index (χ2v) is 4.34. The quantitative estimate of drug-likeness (QED) is 0.792. The highest BCUT2D eigenvalue weighted by Crippen LogP contribution is 2.22. The van der Waals surface area contributed by atoms with Crippen molar-refractivity contribution < 1.29 is 13.6 Å². The van der Waals surface area contributed by atoms with Gasteiger partial charge in [0.1, 0.15) is 11.6 Å². The lowest BCUT2D eigenvalue weighted by Gasteiger charge is -2.09. The van der Waals surface area contributed by atoms with E-state index in [0.717, 1.165) is 18.2 Å². The van der Waals surface area contributed by atoms with Crippen molar-refractivity contribution in [3.05, 3.63) is 71.3 Å². The van der Waals surface area contributed by atoms with E-state index in [9.17, 15) is 13.6 Å². The average Bonchev–Trinajstić information content (AvgIpc) is 2.48. The van der Waals surface area contributed by atoms with E-state index < -0.39 is 23.3 Å². The van der Waals surface area contributed by atoms with Crippen molar-refractivity contribution in [1.29, 1.82) is 5.26 Å². The molecule has 0 amide bonds. The molecule has 0 fully saturated rings. The number of ketones is 1. The Hall–Kier alpha value is -2.54. The maximum atomic E-state index is 13.5. The van der Waals surface area contributed by atoms with Crippen molar-refractivity contribution in [2.45, 2.75) is 12.3 Å². The lowest BCUT2D eigenvalue weighted by Crippen LogP contribution is -2.08. The average molecular weight is 271 g/mol. The van der Waals surface area contributed by atoms with E-state index in [1.807, 2.05) is 6.07 Å². The molecule has 0 aromatic heterocycles. The van der Waals surface area contributed by atoms with Crippen LogP contribution in [0.3, 0.4) is 0 Å². The van der Waals surface area contributed by atoms with Gasteiger partial charge in [-0.2, -0.15) is 5.26 Å². The molecule has 1 atom stereocenters. The summed E-state index contributed by atoms with van der Waals surface area (Å²) < 4.78 is 26.6. The van der Waals surface area contributed by atoms with Crippen molar-refractivity contribution in [2.24, 2.45) is 0 Å². The minimum absolute atomic E-state index is 0.180. The number of benzene rings is 2. The van der Waals surface area contributed by atoms with Crippen LogP contribution >= 0.6 is 0 Å². The molecule has 0 saturated heterocycles.